The van der Waals surface area contributed by atoms with Gasteiger partial charge in [-0.1, -0.05) is 67.6 Å². The molecule has 0 heterocycles. The Kier molecular flexibility index (Phi) is 4.14. The molecule has 0 aromatic heterocycles. The van der Waals surface area contributed by atoms with E-state index in [2.05, 4.69) is 0 Å². The minimum atomic E-state index is -0.856. The van der Waals surface area contributed by atoms with Crippen molar-refractivity contribution >= 4 is 11.5 Å². The minimum Gasteiger partial charge on any atom is -0.478 e. The molecule has 0 amide bonds. The van der Waals surface area contributed by atoms with Gasteiger partial charge in [0, 0.05) is 5.57 Å². The van der Waals surface area contributed by atoms with E-state index in [0.29, 0.717) is 12.0 Å². The summed E-state index contributed by atoms with van der Waals surface area (Å²) < 4.78 is 0. The monoisotopic (exact) mass is 252 g/mol. The Balaban J connectivity index is 2.68. The van der Waals surface area contributed by atoms with E-state index in [0.717, 1.165) is 16.7 Å². The molecule has 0 aliphatic heterocycles. The van der Waals surface area contributed by atoms with Crippen LogP contribution in [0.15, 0.2) is 66.2 Å². The summed E-state index contributed by atoms with van der Waals surface area (Å²) in [5.74, 6) is -0.856. The van der Waals surface area contributed by atoms with Gasteiger partial charge in [-0.15, -0.1) is 0 Å². The van der Waals surface area contributed by atoms with E-state index in [1.165, 1.54) is 0 Å². The first-order valence-corrected chi connectivity index (χ1v) is 6.31. The number of carbonyl (C=O) groups is 1. The van der Waals surface area contributed by atoms with Crippen LogP contribution in [0.4, 0.5) is 0 Å². The third-order valence-corrected chi connectivity index (χ3v) is 3.04. The average Bonchev–Trinajstić information content (AvgIpc) is 2.46. The summed E-state index contributed by atoms with van der Waals surface area (Å²) in [5.41, 5.74) is 3.12. The maximum Gasteiger partial charge on any atom is 0.332 e. The second kappa shape index (κ2) is 6.01. The van der Waals surface area contributed by atoms with Crippen LogP contribution < -0.4 is 0 Å². The highest BCUT2D eigenvalue weighted by molar-refractivity contribution is 6.00. The molecule has 2 aromatic rings. The van der Waals surface area contributed by atoms with Crippen molar-refractivity contribution in [2.24, 2.45) is 0 Å². The fraction of sp³-hybridized carbons (Fsp3) is 0.118. The average molecular weight is 252 g/mol. The van der Waals surface area contributed by atoms with Crippen molar-refractivity contribution in [1.82, 2.24) is 0 Å². The lowest BCUT2D eigenvalue weighted by molar-refractivity contribution is -0.132. The molecule has 0 radical (unpaired) electrons. The fourth-order valence-corrected chi connectivity index (χ4v) is 2.16. The highest BCUT2D eigenvalue weighted by Crippen LogP contribution is 2.28. The first-order chi connectivity index (χ1) is 9.24. The molecule has 0 unspecified atom stereocenters. The predicted octanol–water partition coefficient (Wildman–Crippen LogP) is 3.98. The summed E-state index contributed by atoms with van der Waals surface area (Å²) in [6.07, 6.45) is 0.494. The van der Waals surface area contributed by atoms with Gasteiger partial charge in [-0.3, -0.25) is 0 Å². The van der Waals surface area contributed by atoms with Crippen molar-refractivity contribution in [3.8, 4) is 0 Å². The highest BCUT2D eigenvalue weighted by atomic mass is 16.4. The summed E-state index contributed by atoms with van der Waals surface area (Å²) in [5, 5.41) is 9.41. The topological polar surface area (TPSA) is 37.3 Å². The molecule has 0 saturated heterocycles. The van der Waals surface area contributed by atoms with Crippen LogP contribution >= 0.6 is 0 Å². The molecule has 0 aliphatic rings. The SMILES string of the molecule is CCC(C(=O)O)=C(c1ccccc1)c1ccccc1. The summed E-state index contributed by atoms with van der Waals surface area (Å²) in [6.45, 7) is 1.87. The summed E-state index contributed by atoms with van der Waals surface area (Å²) in [6, 6.07) is 19.3. The quantitative estimate of drug-likeness (QED) is 0.835. The molecular weight excluding hydrogens is 236 g/mol. The zero-order chi connectivity index (χ0) is 13.7. The van der Waals surface area contributed by atoms with Gasteiger partial charge in [0.15, 0.2) is 0 Å². The lowest BCUT2D eigenvalue weighted by Crippen LogP contribution is -2.04. The number of benzene rings is 2. The van der Waals surface area contributed by atoms with Crippen molar-refractivity contribution in [3.63, 3.8) is 0 Å². The summed E-state index contributed by atoms with van der Waals surface area (Å²) in [7, 11) is 0. The van der Waals surface area contributed by atoms with Crippen LogP contribution in [0.5, 0.6) is 0 Å². The van der Waals surface area contributed by atoms with E-state index < -0.39 is 5.97 Å². The zero-order valence-electron chi connectivity index (χ0n) is 10.8. The van der Waals surface area contributed by atoms with E-state index >= 15 is 0 Å². The Bertz CT molecular complexity index is 542. The van der Waals surface area contributed by atoms with Crippen molar-refractivity contribution in [2.45, 2.75) is 13.3 Å². The molecule has 0 bridgehead atoms. The molecule has 2 rings (SSSR count). The first-order valence-electron chi connectivity index (χ1n) is 6.31. The van der Waals surface area contributed by atoms with Gasteiger partial charge in [-0.2, -0.15) is 0 Å². The molecular formula is C17H16O2. The van der Waals surface area contributed by atoms with Gasteiger partial charge in [0.1, 0.15) is 0 Å². The fourth-order valence-electron chi connectivity index (χ4n) is 2.16. The Labute approximate surface area is 113 Å². The van der Waals surface area contributed by atoms with Crippen molar-refractivity contribution < 1.29 is 9.90 Å². The van der Waals surface area contributed by atoms with Crippen LogP contribution in [0, 0.1) is 0 Å². The van der Waals surface area contributed by atoms with Crippen LogP contribution in [0.1, 0.15) is 24.5 Å². The molecule has 19 heavy (non-hydrogen) atoms. The number of carboxylic acid groups (broad SMARTS) is 1. The Morgan fingerprint density at radius 2 is 1.32 bits per heavy atom. The Morgan fingerprint density at radius 3 is 1.63 bits per heavy atom. The molecule has 1 N–H and O–H groups in total. The van der Waals surface area contributed by atoms with Gasteiger partial charge in [0.05, 0.1) is 0 Å². The number of carboxylic acids is 1. The van der Waals surface area contributed by atoms with Gasteiger partial charge < -0.3 is 5.11 Å². The van der Waals surface area contributed by atoms with Crippen LogP contribution in [0.3, 0.4) is 0 Å². The van der Waals surface area contributed by atoms with E-state index in [4.69, 9.17) is 0 Å². The molecule has 2 nitrogen and oxygen atoms in total. The molecule has 0 saturated carbocycles. The maximum absolute atomic E-state index is 11.5. The molecule has 0 atom stereocenters. The largest absolute Gasteiger partial charge is 0.478 e. The van der Waals surface area contributed by atoms with Crippen LogP contribution in [0.2, 0.25) is 0 Å². The van der Waals surface area contributed by atoms with Gasteiger partial charge >= 0.3 is 5.97 Å². The summed E-state index contributed by atoms with van der Waals surface area (Å²) in [4.78, 5) is 11.5. The third-order valence-electron chi connectivity index (χ3n) is 3.04. The standard InChI is InChI=1S/C17H16O2/c1-2-15(17(18)19)16(13-9-5-3-6-10-13)14-11-7-4-8-12-14/h3-12H,2H2,1H3,(H,18,19). The smallest absolute Gasteiger partial charge is 0.332 e. The zero-order valence-corrected chi connectivity index (χ0v) is 10.8. The van der Waals surface area contributed by atoms with Crippen LogP contribution in [0.25, 0.3) is 5.57 Å². The molecule has 96 valence electrons. The molecule has 0 fully saturated rings. The molecule has 0 aliphatic carbocycles. The maximum atomic E-state index is 11.5. The lowest BCUT2D eigenvalue weighted by atomic mass is 9.92. The molecule has 0 spiro atoms. The highest BCUT2D eigenvalue weighted by Gasteiger charge is 2.15. The number of aliphatic carboxylic acids is 1. The Morgan fingerprint density at radius 1 is 0.895 bits per heavy atom. The number of hydrogen-bond acceptors (Lipinski definition) is 1. The van der Waals surface area contributed by atoms with Gasteiger partial charge in [0.25, 0.3) is 0 Å². The number of hydrogen-bond donors (Lipinski definition) is 1. The summed E-state index contributed by atoms with van der Waals surface area (Å²) >= 11 is 0. The Hall–Kier alpha value is -2.35. The lowest BCUT2D eigenvalue weighted by Gasteiger charge is -2.12. The molecule has 2 heteroatoms. The van der Waals surface area contributed by atoms with Gasteiger partial charge in [0.2, 0.25) is 0 Å². The van der Waals surface area contributed by atoms with Crippen molar-refractivity contribution in [2.75, 3.05) is 0 Å². The minimum absolute atomic E-state index is 0.442. The normalized spacial score (nSPS) is 9.95. The van der Waals surface area contributed by atoms with Crippen LogP contribution in [-0.4, -0.2) is 11.1 Å². The van der Waals surface area contributed by atoms with Crippen molar-refractivity contribution in [1.29, 1.82) is 0 Å². The first kappa shape index (κ1) is 13.1. The van der Waals surface area contributed by atoms with E-state index in [9.17, 15) is 9.90 Å². The second-order valence-electron chi connectivity index (χ2n) is 4.24. The third kappa shape index (κ3) is 2.91. The van der Waals surface area contributed by atoms with Crippen LogP contribution in [-0.2, 0) is 4.79 Å². The molecule has 2 aromatic carbocycles. The predicted molar refractivity (Wildman–Crippen MR) is 76.8 cm³/mol. The van der Waals surface area contributed by atoms with E-state index in [1.54, 1.807) is 0 Å². The van der Waals surface area contributed by atoms with Crippen molar-refractivity contribution in [3.05, 3.63) is 77.4 Å². The number of rotatable bonds is 4. The van der Waals surface area contributed by atoms with E-state index in [1.807, 2.05) is 67.6 Å². The second-order valence-corrected chi connectivity index (χ2v) is 4.24. The van der Waals surface area contributed by atoms with Gasteiger partial charge in [-0.25, -0.2) is 4.79 Å². The van der Waals surface area contributed by atoms with E-state index in [-0.39, 0.29) is 0 Å². The van der Waals surface area contributed by atoms with Gasteiger partial charge in [-0.05, 0) is 23.1 Å².